The number of amides is 1. The van der Waals surface area contributed by atoms with Crippen molar-refractivity contribution in [3.8, 4) is 0 Å². The van der Waals surface area contributed by atoms with Crippen molar-refractivity contribution in [3.05, 3.63) is 16.5 Å². The third-order valence-corrected chi connectivity index (χ3v) is 3.54. The van der Waals surface area contributed by atoms with E-state index in [9.17, 15) is 4.79 Å². The third-order valence-electron chi connectivity index (χ3n) is 3.18. The summed E-state index contributed by atoms with van der Waals surface area (Å²) in [5, 5.41) is 3.68. The van der Waals surface area contributed by atoms with E-state index in [1.54, 1.807) is 19.0 Å². The Morgan fingerprint density at radius 2 is 2.11 bits per heavy atom. The second-order valence-corrected chi connectivity index (χ2v) is 5.44. The molecule has 0 saturated heterocycles. The Morgan fingerprint density at radius 3 is 2.68 bits per heavy atom. The minimum Gasteiger partial charge on any atom is -0.369 e. The molecule has 1 aliphatic carbocycles. The summed E-state index contributed by atoms with van der Waals surface area (Å²) in [6.07, 6.45) is 2.71. The molecule has 1 heterocycles. The van der Waals surface area contributed by atoms with Gasteiger partial charge in [0.2, 0.25) is 5.91 Å². The van der Waals surface area contributed by atoms with E-state index in [0.717, 1.165) is 30.0 Å². The summed E-state index contributed by atoms with van der Waals surface area (Å²) in [6.45, 7) is 2.43. The van der Waals surface area contributed by atoms with Crippen LogP contribution in [0.3, 0.4) is 0 Å². The molecule has 1 fully saturated rings. The van der Waals surface area contributed by atoms with Crippen molar-refractivity contribution >= 4 is 23.3 Å². The first-order valence-corrected chi connectivity index (χ1v) is 6.85. The van der Waals surface area contributed by atoms with Crippen molar-refractivity contribution in [1.82, 2.24) is 14.9 Å². The maximum absolute atomic E-state index is 11.5. The van der Waals surface area contributed by atoms with Crippen molar-refractivity contribution in [2.75, 3.05) is 26.0 Å². The molecular weight excluding hydrogens is 264 g/mol. The minimum atomic E-state index is 0.0905. The van der Waals surface area contributed by atoms with Crippen LogP contribution in [0.2, 0.25) is 5.15 Å². The third kappa shape index (κ3) is 3.56. The zero-order chi connectivity index (χ0) is 14.0. The number of aromatic nitrogens is 2. The quantitative estimate of drug-likeness (QED) is 0.841. The fourth-order valence-electron chi connectivity index (χ4n) is 1.71. The fraction of sp³-hybridized carbons (Fsp3) is 0.615. The molecule has 6 heteroatoms. The molecular formula is C13H19ClN4O. The van der Waals surface area contributed by atoms with Gasteiger partial charge < -0.3 is 10.2 Å². The highest BCUT2D eigenvalue weighted by molar-refractivity contribution is 6.30. The lowest BCUT2D eigenvalue weighted by Gasteiger charge is -2.13. The molecule has 1 aromatic rings. The number of nitrogens with zero attached hydrogens (tertiary/aromatic N) is 3. The summed E-state index contributed by atoms with van der Waals surface area (Å²) in [7, 11) is 3.50. The van der Waals surface area contributed by atoms with Crippen LogP contribution >= 0.6 is 11.6 Å². The number of hydrogen-bond acceptors (Lipinski definition) is 4. The molecule has 0 radical (unpaired) electrons. The number of halogens is 1. The summed E-state index contributed by atoms with van der Waals surface area (Å²) < 4.78 is 0. The summed E-state index contributed by atoms with van der Waals surface area (Å²) in [5.74, 6) is 2.11. The van der Waals surface area contributed by atoms with Crippen LogP contribution in [0.25, 0.3) is 0 Å². The summed E-state index contributed by atoms with van der Waals surface area (Å²) in [6, 6.07) is 0. The largest absolute Gasteiger partial charge is 0.369 e. The molecule has 19 heavy (non-hydrogen) atoms. The Labute approximate surface area is 118 Å². The van der Waals surface area contributed by atoms with E-state index in [2.05, 4.69) is 15.3 Å². The molecule has 2 rings (SSSR count). The fourth-order valence-corrected chi connectivity index (χ4v) is 1.89. The van der Waals surface area contributed by atoms with E-state index >= 15 is 0 Å². The molecule has 1 aromatic heterocycles. The maximum Gasteiger partial charge on any atom is 0.223 e. The van der Waals surface area contributed by atoms with Crippen LogP contribution in [0.5, 0.6) is 0 Å². The van der Waals surface area contributed by atoms with E-state index < -0.39 is 0 Å². The number of rotatable bonds is 5. The van der Waals surface area contributed by atoms with Crippen LogP contribution in [-0.4, -0.2) is 41.4 Å². The molecule has 0 bridgehead atoms. The van der Waals surface area contributed by atoms with Crippen molar-refractivity contribution in [2.45, 2.75) is 32.1 Å². The Balaban J connectivity index is 2.01. The van der Waals surface area contributed by atoms with Crippen molar-refractivity contribution in [3.63, 3.8) is 0 Å². The average Bonchev–Trinajstić information content (AvgIpc) is 3.18. The number of anilines is 1. The number of hydrogen-bond donors (Lipinski definition) is 1. The average molecular weight is 283 g/mol. The molecule has 1 N–H and O–H groups in total. The van der Waals surface area contributed by atoms with Gasteiger partial charge in [0.25, 0.3) is 0 Å². The summed E-state index contributed by atoms with van der Waals surface area (Å²) >= 11 is 6.12. The van der Waals surface area contributed by atoms with Gasteiger partial charge in [-0.05, 0) is 19.8 Å². The van der Waals surface area contributed by atoms with Gasteiger partial charge >= 0.3 is 0 Å². The monoisotopic (exact) mass is 282 g/mol. The van der Waals surface area contributed by atoms with E-state index in [1.165, 1.54) is 0 Å². The molecule has 104 valence electrons. The van der Waals surface area contributed by atoms with Crippen molar-refractivity contribution < 1.29 is 4.79 Å². The molecule has 1 aliphatic rings. The first-order chi connectivity index (χ1) is 8.99. The normalized spacial score (nSPS) is 14.3. The molecule has 0 atom stereocenters. The molecule has 0 unspecified atom stereocenters. The molecule has 1 saturated carbocycles. The van der Waals surface area contributed by atoms with E-state index in [4.69, 9.17) is 11.6 Å². The molecule has 5 nitrogen and oxygen atoms in total. The summed E-state index contributed by atoms with van der Waals surface area (Å²) in [5.41, 5.74) is 0.836. The molecule has 0 aliphatic heterocycles. The van der Waals surface area contributed by atoms with Crippen LogP contribution in [0.15, 0.2) is 0 Å². The van der Waals surface area contributed by atoms with Gasteiger partial charge in [0.15, 0.2) is 0 Å². The van der Waals surface area contributed by atoms with Crippen LogP contribution < -0.4 is 5.32 Å². The Hall–Kier alpha value is -1.36. The molecule has 0 aromatic carbocycles. The van der Waals surface area contributed by atoms with Gasteiger partial charge in [0, 0.05) is 38.5 Å². The van der Waals surface area contributed by atoms with Gasteiger partial charge in [-0.25, -0.2) is 9.97 Å². The van der Waals surface area contributed by atoms with Crippen LogP contribution in [-0.2, 0) is 4.79 Å². The predicted octanol–water partition coefficient (Wildman–Crippen LogP) is 2.21. The maximum atomic E-state index is 11.5. The zero-order valence-corrected chi connectivity index (χ0v) is 12.3. The van der Waals surface area contributed by atoms with E-state index in [0.29, 0.717) is 24.0 Å². The van der Waals surface area contributed by atoms with Crippen molar-refractivity contribution in [1.29, 1.82) is 0 Å². The Bertz CT molecular complexity index is 486. The number of carbonyl (C=O) groups excluding carboxylic acids is 1. The lowest BCUT2D eigenvalue weighted by atomic mass is 10.3. The first kappa shape index (κ1) is 14.1. The first-order valence-electron chi connectivity index (χ1n) is 6.47. The standard InChI is InChI=1S/C13H19ClN4O/c1-8-11(14)16-13(9-4-5-9)17-12(8)15-7-6-10(19)18(2)3/h9H,4-7H2,1-3H3,(H,15,16,17). The Morgan fingerprint density at radius 1 is 1.42 bits per heavy atom. The Kier molecular flexibility index (Phi) is 4.24. The highest BCUT2D eigenvalue weighted by atomic mass is 35.5. The number of carbonyl (C=O) groups is 1. The van der Waals surface area contributed by atoms with Crippen LogP contribution in [0.4, 0.5) is 5.82 Å². The van der Waals surface area contributed by atoms with Crippen molar-refractivity contribution in [2.24, 2.45) is 0 Å². The predicted molar refractivity (Wildman–Crippen MR) is 75.6 cm³/mol. The second kappa shape index (κ2) is 5.74. The highest BCUT2D eigenvalue weighted by Crippen LogP contribution is 2.39. The minimum absolute atomic E-state index is 0.0905. The highest BCUT2D eigenvalue weighted by Gasteiger charge is 2.28. The lowest BCUT2D eigenvalue weighted by Crippen LogP contribution is -2.24. The lowest BCUT2D eigenvalue weighted by molar-refractivity contribution is -0.128. The van der Waals surface area contributed by atoms with Gasteiger partial charge in [-0.1, -0.05) is 11.6 Å². The van der Waals surface area contributed by atoms with Crippen LogP contribution in [0.1, 0.15) is 36.6 Å². The smallest absolute Gasteiger partial charge is 0.223 e. The van der Waals surface area contributed by atoms with Gasteiger partial charge in [-0.3, -0.25) is 4.79 Å². The van der Waals surface area contributed by atoms with Gasteiger partial charge in [-0.2, -0.15) is 0 Å². The van der Waals surface area contributed by atoms with Gasteiger partial charge in [0.05, 0.1) is 0 Å². The van der Waals surface area contributed by atoms with E-state index in [1.807, 2.05) is 6.92 Å². The van der Waals surface area contributed by atoms with Gasteiger partial charge in [-0.15, -0.1) is 0 Å². The van der Waals surface area contributed by atoms with E-state index in [-0.39, 0.29) is 5.91 Å². The molecule has 0 spiro atoms. The SMILES string of the molecule is Cc1c(Cl)nc(C2CC2)nc1NCCC(=O)N(C)C. The molecule has 1 amide bonds. The number of nitrogens with one attached hydrogen (secondary N) is 1. The summed E-state index contributed by atoms with van der Waals surface area (Å²) in [4.78, 5) is 21.9. The zero-order valence-electron chi connectivity index (χ0n) is 11.5. The second-order valence-electron chi connectivity index (χ2n) is 5.09. The topological polar surface area (TPSA) is 58.1 Å². The van der Waals surface area contributed by atoms with Gasteiger partial charge in [0.1, 0.15) is 16.8 Å². The van der Waals surface area contributed by atoms with Crippen LogP contribution in [0, 0.1) is 6.92 Å².